The van der Waals surface area contributed by atoms with Crippen molar-refractivity contribution in [2.75, 3.05) is 0 Å². The van der Waals surface area contributed by atoms with Crippen molar-refractivity contribution in [1.29, 1.82) is 0 Å². The van der Waals surface area contributed by atoms with E-state index in [1.807, 2.05) is 54.6 Å². The average molecular weight is 640 g/mol. The molecular weight excluding hydrogens is 611 g/mol. The third kappa shape index (κ3) is 4.53. The first-order valence-electron chi connectivity index (χ1n) is 16.6. The molecule has 0 aliphatic heterocycles. The fraction of sp³-hybridized carbons (Fsp3) is 0.0667. The van der Waals surface area contributed by atoms with Gasteiger partial charge < -0.3 is 4.57 Å². The van der Waals surface area contributed by atoms with Crippen molar-refractivity contribution in [3.8, 4) is 50.7 Å². The Bertz CT molecular complexity index is 2670. The molecule has 9 rings (SSSR count). The average Bonchev–Trinajstić information content (AvgIpc) is 3.62. The van der Waals surface area contributed by atoms with Crippen LogP contribution in [0.1, 0.15) is 25.0 Å². The zero-order valence-electron chi connectivity index (χ0n) is 27.5. The third-order valence-electron chi connectivity index (χ3n) is 10.0. The van der Waals surface area contributed by atoms with Gasteiger partial charge in [-0.05, 0) is 93.7 Å². The van der Waals surface area contributed by atoms with Crippen LogP contribution in [0.15, 0.2) is 140 Å². The van der Waals surface area contributed by atoms with Crippen LogP contribution >= 0.6 is 0 Å². The molecule has 0 N–H and O–H groups in total. The van der Waals surface area contributed by atoms with Gasteiger partial charge in [0.05, 0.1) is 35.6 Å². The lowest BCUT2D eigenvalue weighted by atomic mass is 9.82. The molecule has 2 aromatic heterocycles. The lowest BCUT2D eigenvalue weighted by Gasteiger charge is -2.22. The van der Waals surface area contributed by atoms with Crippen LogP contribution in [0.3, 0.4) is 0 Å². The summed E-state index contributed by atoms with van der Waals surface area (Å²) in [5.74, 6) is 0.654. The molecule has 0 atom stereocenters. The first-order valence-corrected chi connectivity index (χ1v) is 16.6. The molecular formula is C45H29N5. The molecule has 0 saturated carbocycles. The van der Waals surface area contributed by atoms with Crippen LogP contribution in [0, 0.1) is 13.1 Å². The fourth-order valence-corrected chi connectivity index (χ4v) is 7.52. The number of aromatic nitrogens is 3. The van der Waals surface area contributed by atoms with Gasteiger partial charge in [-0.3, -0.25) is 0 Å². The van der Waals surface area contributed by atoms with Crippen LogP contribution < -0.4 is 0 Å². The summed E-state index contributed by atoms with van der Waals surface area (Å²) in [5.41, 5.74) is 13.9. The number of hydrogen-bond donors (Lipinski definition) is 0. The van der Waals surface area contributed by atoms with Gasteiger partial charge in [-0.25, -0.2) is 19.7 Å². The van der Waals surface area contributed by atoms with E-state index in [4.69, 9.17) is 23.1 Å². The summed E-state index contributed by atoms with van der Waals surface area (Å²) in [4.78, 5) is 17.6. The van der Waals surface area contributed by atoms with Crippen LogP contribution in [0.25, 0.3) is 82.2 Å². The van der Waals surface area contributed by atoms with E-state index in [9.17, 15) is 0 Å². The molecule has 50 heavy (non-hydrogen) atoms. The largest absolute Gasteiger partial charge is 0.309 e. The summed E-state index contributed by atoms with van der Waals surface area (Å²) in [7, 11) is 0. The minimum Gasteiger partial charge on any atom is -0.309 e. The number of nitrogens with zero attached hydrogens (tertiary/aromatic N) is 5. The minimum atomic E-state index is -0.113. The zero-order chi connectivity index (χ0) is 34.0. The number of fused-ring (bicyclic) bond motifs is 6. The molecule has 0 saturated heterocycles. The Kier molecular flexibility index (Phi) is 6.53. The fourth-order valence-electron chi connectivity index (χ4n) is 7.52. The Labute approximate surface area is 290 Å². The van der Waals surface area contributed by atoms with Gasteiger partial charge in [-0.1, -0.05) is 92.7 Å². The maximum absolute atomic E-state index is 7.56. The summed E-state index contributed by atoms with van der Waals surface area (Å²) in [6.45, 7) is 19.7. The standard InChI is InChI=1S/C45H29N5/c1-45(2)38-13-9-8-12-34(38)35-21-16-30(24-39(35)45)41-27-40(28-10-6-5-7-11-28)48-44(49-41)29-14-19-33(20-15-29)50-42-22-17-31(46-3)25-36(42)37-26-32(47-4)18-23-43(37)50/h5-27H,1-2H3. The second-order valence-corrected chi connectivity index (χ2v) is 13.3. The van der Waals surface area contributed by atoms with Gasteiger partial charge >= 0.3 is 0 Å². The quantitative estimate of drug-likeness (QED) is 0.180. The molecule has 1 aliphatic carbocycles. The lowest BCUT2D eigenvalue weighted by Crippen LogP contribution is -2.14. The van der Waals surface area contributed by atoms with Crippen molar-refractivity contribution in [3.05, 3.63) is 173 Å². The smallest absolute Gasteiger partial charge is 0.188 e. The molecule has 0 radical (unpaired) electrons. The van der Waals surface area contributed by atoms with Crippen molar-refractivity contribution in [1.82, 2.24) is 14.5 Å². The van der Waals surface area contributed by atoms with E-state index in [0.29, 0.717) is 17.2 Å². The van der Waals surface area contributed by atoms with E-state index in [-0.39, 0.29) is 5.41 Å². The molecule has 2 heterocycles. The topological polar surface area (TPSA) is 39.4 Å². The van der Waals surface area contributed by atoms with Crippen molar-refractivity contribution in [2.45, 2.75) is 19.3 Å². The van der Waals surface area contributed by atoms with Gasteiger partial charge in [-0.2, -0.15) is 0 Å². The molecule has 5 nitrogen and oxygen atoms in total. The highest BCUT2D eigenvalue weighted by Gasteiger charge is 2.35. The van der Waals surface area contributed by atoms with Crippen molar-refractivity contribution < 1.29 is 0 Å². The van der Waals surface area contributed by atoms with E-state index >= 15 is 0 Å². The van der Waals surface area contributed by atoms with Crippen molar-refractivity contribution >= 4 is 33.2 Å². The van der Waals surface area contributed by atoms with E-state index in [1.165, 1.54) is 22.3 Å². The van der Waals surface area contributed by atoms with E-state index in [0.717, 1.165) is 55.6 Å². The summed E-state index contributed by atoms with van der Waals surface area (Å²) < 4.78 is 2.19. The zero-order valence-corrected chi connectivity index (χ0v) is 27.5. The molecule has 0 spiro atoms. The molecule has 0 amide bonds. The maximum atomic E-state index is 7.56. The molecule has 5 heteroatoms. The molecule has 8 aromatic rings. The van der Waals surface area contributed by atoms with Gasteiger partial charge in [0.1, 0.15) is 0 Å². The lowest BCUT2D eigenvalue weighted by molar-refractivity contribution is 0.660. The maximum Gasteiger partial charge on any atom is 0.188 e. The van der Waals surface area contributed by atoms with Gasteiger partial charge in [0.25, 0.3) is 0 Å². The normalized spacial score (nSPS) is 12.7. The predicted octanol–water partition coefficient (Wildman–Crippen LogP) is 12.0. The summed E-state index contributed by atoms with van der Waals surface area (Å²) in [6, 6.07) is 47.6. The molecule has 0 fully saturated rings. The van der Waals surface area contributed by atoms with E-state index in [1.54, 1.807) is 0 Å². The van der Waals surface area contributed by atoms with Crippen LogP contribution in [0.5, 0.6) is 0 Å². The number of benzene rings is 6. The molecule has 1 aliphatic rings. The first-order chi connectivity index (χ1) is 24.4. The Balaban J connectivity index is 1.17. The van der Waals surface area contributed by atoms with Crippen LogP contribution in [-0.4, -0.2) is 14.5 Å². The Morgan fingerprint density at radius 3 is 1.76 bits per heavy atom. The summed E-state index contributed by atoms with van der Waals surface area (Å²) >= 11 is 0. The van der Waals surface area contributed by atoms with Crippen molar-refractivity contribution in [2.24, 2.45) is 0 Å². The predicted molar refractivity (Wildman–Crippen MR) is 203 cm³/mol. The van der Waals surface area contributed by atoms with Gasteiger partial charge in [0.15, 0.2) is 17.2 Å². The monoisotopic (exact) mass is 639 g/mol. The molecule has 0 unspecified atom stereocenters. The highest BCUT2D eigenvalue weighted by molar-refractivity contribution is 6.11. The number of hydrogen-bond acceptors (Lipinski definition) is 2. The Hall–Kier alpha value is -6.82. The summed E-state index contributed by atoms with van der Waals surface area (Å²) in [6.07, 6.45) is 0. The van der Waals surface area contributed by atoms with Crippen LogP contribution in [-0.2, 0) is 5.41 Å². The van der Waals surface area contributed by atoms with E-state index in [2.05, 4.69) is 113 Å². The molecule has 6 aromatic carbocycles. The highest BCUT2D eigenvalue weighted by atomic mass is 15.0. The highest BCUT2D eigenvalue weighted by Crippen LogP contribution is 2.49. The number of rotatable bonds is 4. The van der Waals surface area contributed by atoms with Crippen LogP contribution in [0.2, 0.25) is 0 Å². The second kappa shape index (κ2) is 11.1. The minimum absolute atomic E-state index is 0.113. The van der Waals surface area contributed by atoms with Crippen LogP contribution in [0.4, 0.5) is 11.4 Å². The molecule has 234 valence electrons. The third-order valence-corrected chi connectivity index (χ3v) is 10.0. The SMILES string of the molecule is [C-]#[N+]c1ccc2c(c1)c1cc([N+]#[C-])ccc1n2-c1ccc(-c2nc(-c3ccccc3)cc(-c3ccc4c(c3)C(C)(C)c3ccccc3-4)n2)cc1. The summed E-state index contributed by atoms with van der Waals surface area (Å²) in [5, 5.41) is 1.90. The second-order valence-electron chi connectivity index (χ2n) is 13.3. The molecule has 0 bridgehead atoms. The van der Waals surface area contributed by atoms with E-state index < -0.39 is 0 Å². The van der Waals surface area contributed by atoms with Crippen molar-refractivity contribution in [3.63, 3.8) is 0 Å². The van der Waals surface area contributed by atoms with Gasteiger partial charge in [0, 0.05) is 27.8 Å². The van der Waals surface area contributed by atoms with Gasteiger partial charge in [-0.15, -0.1) is 0 Å². The first kappa shape index (κ1) is 29.3. The Morgan fingerprint density at radius 1 is 0.520 bits per heavy atom. The van der Waals surface area contributed by atoms with Gasteiger partial charge in [0.2, 0.25) is 0 Å². The Morgan fingerprint density at radius 2 is 1.10 bits per heavy atom.